The molecule has 2 heterocycles. The fourth-order valence-electron chi connectivity index (χ4n) is 2.99. The van der Waals surface area contributed by atoms with Crippen molar-refractivity contribution in [1.29, 1.82) is 0 Å². The Balaban J connectivity index is 0.00000261. The topological polar surface area (TPSA) is 122 Å². The summed E-state index contributed by atoms with van der Waals surface area (Å²) in [5, 5.41) is 14.2. The largest absolute Gasteiger partial charge is 0.490 e. The fraction of sp³-hybridized carbons (Fsp3) is 0.533. The van der Waals surface area contributed by atoms with Crippen molar-refractivity contribution in [3.63, 3.8) is 0 Å². The van der Waals surface area contributed by atoms with Crippen LogP contribution in [0.2, 0.25) is 0 Å². The van der Waals surface area contributed by atoms with E-state index in [4.69, 9.17) is 4.74 Å². The van der Waals surface area contributed by atoms with Crippen molar-refractivity contribution < 1.29 is 22.9 Å². The van der Waals surface area contributed by atoms with Crippen LogP contribution in [0.15, 0.2) is 23.1 Å². The standard InChI is InChI=1S/C15H20N4O6S.ClH/c1-25-14-3-2-12(8-13(14)19(21)22)26(23,24)18-6-4-17(5-7-18)15(20)11-9-16-10-11;/h2-3,8,11,16H,4-7,9-10H2,1H3;1H. The van der Waals surface area contributed by atoms with Crippen LogP contribution >= 0.6 is 12.4 Å². The van der Waals surface area contributed by atoms with Crippen LogP contribution in [0.5, 0.6) is 5.75 Å². The van der Waals surface area contributed by atoms with Crippen molar-refractivity contribution in [2.45, 2.75) is 4.90 Å². The molecule has 2 aliphatic rings. The zero-order valence-electron chi connectivity index (χ0n) is 14.7. The predicted molar refractivity (Wildman–Crippen MR) is 98.6 cm³/mol. The van der Waals surface area contributed by atoms with E-state index in [9.17, 15) is 23.3 Å². The average molecular weight is 421 g/mol. The molecule has 2 aliphatic heterocycles. The summed E-state index contributed by atoms with van der Waals surface area (Å²) in [5.74, 6) is 0.0155. The molecule has 2 fully saturated rings. The molecule has 0 saturated carbocycles. The monoisotopic (exact) mass is 420 g/mol. The fourth-order valence-corrected chi connectivity index (χ4v) is 4.44. The zero-order valence-corrected chi connectivity index (χ0v) is 16.3. The van der Waals surface area contributed by atoms with E-state index in [-0.39, 0.29) is 48.0 Å². The first kappa shape index (κ1) is 21.4. The molecular formula is C15H21ClN4O6S. The van der Waals surface area contributed by atoms with Crippen LogP contribution in [-0.4, -0.2) is 74.8 Å². The Morgan fingerprint density at radius 2 is 1.89 bits per heavy atom. The molecule has 150 valence electrons. The van der Waals surface area contributed by atoms with Crippen molar-refractivity contribution in [2.75, 3.05) is 46.4 Å². The van der Waals surface area contributed by atoms with Gasteiger partial charge in [0.25, 0.3) is 0 Å². The van der Waals surface area contributed by atoms with Crippen LogP contribution in [0.3, 0.4) is 0 Å². The SMILES string of the molecule is COc1ccc(S(=O)(=O)N2CCN(C(=O)C3CNC3)CC2)cc1[N+](=O)[O-].Cl. The van der Waals surface area contributed by atoms with Crippen LogP contribution in [0.1, 0.15) is 0 Å². The molecule has 10 nitrogen and oxygen atoms in total. The number of benzene rings is 1. The second kappa shape index (κ2) is 8.38. The third-order valence-corrected chi connectivity index (χ3v) is 6.56. The number of sulfonamides is 1. The molecule has 0 radical (unpaired) electrons. The van der Waals surface area contributed by atoms with Gasteiger partial charge in [0, 0.05) is 45.3 Å². The minimum Gasteiger partial charge on any atom is -0.490 e. The number of rotatable bonds is 5. The van der Waals surface area contributed by atoms with E-state index in [1.54, 1.807) is 4.90 Å². The Kier molecular flexibility index (Phi) is 6.63. The Labute approximate surface area is 163 Å². The molecule has 2 saturated heterocycles. The van der Waals surface area contributed by atoms with Gasteiger partial charge in [0.15, 0.2) is 5.75 Å². The lowest BCUT2D eigenvalue weighted by Crippen LogP contribution is -2.57. The summed E-state index contributed by atoms with van der Waals surface area (Å²) in [5.41, 5.74) is -0.403. The highest BCUT2D eigenvalue weighted by Gasteiger charge is 2.35. The van der Waals surface area contributed by atoms with Crippen LogP contribution in [-0.2, 0) is 14.8 Å². The number of carbonyl (C=O) groups is 1. The first-order chi connectivity index (χ1) is 12.3. The molecular weight excluding hydrogens is 400 g/mol. The molecule has 0 unspecified atom stereocenters. The highest BCUT2D eigenvalue weighted by molar-refractivity contribution is 7.89. The number of piperazine rings is 1. The van der Waals surface area contributed by atoms with Gasteiger partial charge in [-0.2, -0.15) is 4.31 Å². The maximum Gasteiger partial charge on any atom is 0.312 e. The average Bonchev–Trinajstić information content (AvgIpc) is 2.59. The van der Waals surface area contributed by atoms with Crippen LogP contribution < -0.4 is 10.1 Å². The van der Waals surface area contributed by atoms with Gasteiger partial charge in [0.1, 0.15) is 0 Å². The second-order valence-electron chi connectivity index (χ2n) is 6.18. The Morgan fingerprint density at radius 3 is 2.37 bits per heavy atom. The first-order valence-corrected chi connectivity index (χ1v) is 9.60. The first-order valence-electron chi connectivity index (χ1n) is 8.16. The number of amides is 1. The Bertz CT molecular complexity index is 822. The smallest absolute Gasteiger partial charge is 0.312 e. The highest BCUT2D eigenvalue weighted by Crippen LogP contribution is 2.30. The molecule has 0 aromatic heterocycles. The molecule has 1 amide bonds. The van der Waals surface area contributed by atoms with Gasteiger partial charge in [-0.3, -0.25) is 14.9 Å². The van der Waals surface area contributed by atoms with E-state index in [2.05, 4.69) is 5.32 Å². The van der Waals surface area contributed by atoms with Crippen LogP contribution in [0.25, 0.3) is 0 Å². The number of hydrogen-bond donors (Lipinski definition) is 1. The van der Waals surface area contributed by atoms with Gasteiger partial charge in [0.05, 0.1) is 22.8 Å². The lowest BCUT2D eigenvalue weighted by Gasteiger charge is -2.37. The highest BCUT2D eigenvalue weighted by atomic mass is 35.5. The summed E-state index contributed by atoms with van der Waals surface area (Å²) in [6.07, 6.45) is 0. The Hall–Kier alpha value is -1.95. The molecule has 0 spiro atoms. The number of methoxy groups -OCH3 is 1. The van der Waals surface area contributed by atoms with E-state index in [0.717, 1.165) is 6.07 Å². The third-order valence-electron chi connectivity index (χ3n) is 4.67. The molecule has 0 aliphatic carbocycles. The number of nitrogens with one attached hydrogen (secondary N) is 1. The lowest BCUT2D eigenvalue weighted by atomic mass is 10.0. The van der Waals surface area contributed by atoms with Gasteiger partial charge in [-0.15, -0.1) is 12.4 Å². The van der Waals surface area contributed by atoms with Gasteiger partial charge >= 0.3 is 5.69 Å². The predicted octanol–water partition coefficient (Wildman–Crippen LogP) is 0.0775. The summed E-state index contributed by atoms with van der Waals surface area (Å²) < 4.78 is 31.7. The number of halogens is 1. The van der Waals surface area contributed by atoms with Crippen molar-refractivity contribution in [1.82, 2.24) is 14.5 Å². The van der Waals surface area contributed by atoms with Crippen LogP contribution in [0.4, 0.5) is 5.69 Å². The summed E-state index contributed by atoms with van der Waals surface area (Å²) in [4.78, 5) is 24.2. The van der Waals surface area contributed by atoms with Gasteiger partial charge in [0.2, 0.25) is 15.9 Å². The summed E-state index contributed by atoms with van der Waals surface area (Å²) in [6, 6.07) is 3.57. The maximum atomic E-state index is 12.8. The van der Waals surface area contributed by atoms with E-state index >= 15 is 0 Å². The summed E-state index contributed by atoms with van der Waals surface area (Å²) in [7, 11) is -2.60. The number of nitro groups is 1. The number of ether oxygens (including phenoxy) is 1. The molecule has 1 N–H and O–H groups in total. The van der Waals surface area contributed by atoms with E-state index in [1.807, 2.05) is 0 Å². The molecule has 3 rings (SSSR count). The van der Waals surface area contributed by atoms with E-state index < -0.39 is 20.6 Å². The van der Waals surface area contributed by atoms with Crippen molar-refractivity contribution in [3.8, 4) is 5.75 Å². The van der Waals surface area contributed by atoms with E-state index in [1.165, 1.54) is 23.5 Å². The number of hydrogen-bond acceptors (Lipinski definition) is 7. The third kappa shape index (κ3) is 4.15. The van der Waals surface area contributed by atoms with Gasteiger partial charge in [-0.05, 0) is 12.1 Å². The van der Waals surface area contributed by atoms with Crippen LogP contribution in [0, 0.1) is 16.0 Å². The molecule has 12 heteroatoms. The summed E-state index contributed by atoms with van der Waals surface area (Å²) in [6.45, 7) is 2.27. The van der Waals surface area contributed by atoms with Crippen molar-refractivity contribution in [2.24, 2.45) is 5.92 Å². The second-order valence-corrected chi connectivity index (χ2v) is 8.11. The molecule has 1 aromatic rings. The van der Waals surface area contributed by atoms with E-state index in [0.29, 0.717) is 26.2 Å². The number of nitro benzene ring substituents is 1. The molecule has 27 heavy (non-hydrogen) atoms. The molecule has 0 bridgehead atoms. The summed E-state index contributed by atoms with van der Waals surface area (Å²) >= 11 is 0. The molecule has 0 atom stereocenters. The maximum absolute atomic E-state index is 12.8. The quantitative estimate of drug-likeness (QED) is 0.528. The lowest BCUT2D eigenvalue weighted by molar-refractivity contribution is -0.386. The normalized spacial score (nSPS) is 18.3. The zero-order chi connectivity index (χ0) is 18.9. The van der Waals surface area contributed by atoms with Gasteiger partial charge < -0.3 is 15.0 Å². The van der Waals surface area contributed by atoms with Gasteiger partial charge in [-0.1, -0.05) is 0 Å². The minimum atomic E-state index is -3.88. The minimum absolute atomic E-state index is 0. The van der Waals surface area contributed by atoms with Crippen molar-refractivity contribution >= 4 is 34.0 Å². The molecule has 1 aromatic carbocycles. The number of nitrogens with zero attached hydrogens (tertiary/aromatic N) is 3. The Morgan fingerprint density at radius 1 is 1.26 bits per heavy atom. The van der Waals surface area contributed by atoms with Crippen molar-refractivity contribution in [3.05, 3.63) is 28.3 Å². The number of carbonyl (C=O) groups excluding carboxylic acids is 1. The van der Waals surface area contributed by atoms with Gasteiger partial charge in [-0.25, -0.2) is 8.42 Å².